The molecule has 0 saturated heterocycles. The molecular formula is C14H18N2O2. The van der Waals surface area contributed by atoms with E-state index in [-0.39, 0.29) is 12.3 Å². The molecule has 0 radical (unpaired) electrons. The first-order valence-corrected chi connectivity index (χ1v) is 5.89. The third-order valence-corrected chi connectivity index (χ3v) is 2.62. The Morgan fingerprint density at radius 2 is 2.33 bits per heavy atom. The van der Waals surface area contributed by atoms with Crippen molar-refractivity contribution in [3.8, 4) is 6.07 Å². The molecule has 0 heterocycles. The third-order valence-electron chi connectivity index (χ3n) is 2.62. The van der Waals surface area contributed by atoms with Crippen LogP contribution in [0.3, 0.4) is 0 Å². The van der Waals surface area contributed by atoms with Gasteiger partial charge in [-0.25, -0.2) is 0 Å². The van der Waals surface area contributed by atoms with Gasteiger partial charge in [-0.15, -0.1) is 0 Å². The maximum Gasteiger partial charge on any atom is 0.221 e. The monoisotopic (exact) mass is 246 g/mol. The number of carbonyl (C=O) groups is 1. The van der Waals surface area contributed by atoms with E-state index < -0.39 is 5.92 Å². The molecule has 0 aliphatic carbocycles. The molecule has 0 aliphatic rings. The van der Waals surface area contributed by atoms with Crippen molar-refractivity contribution in [2.45, 2.75) is 19.3 Å². The Bertz CT molecular complexity index is 438. The van der Waals surface area contributed by atoms with Gasteiger partial charge in [0.1, 0.15) is 0 Å². The van der Waals surface area contributed by atoms with Gasteiger partial charge in [0.15, 0.2) is 0 Å². The highest BCUT2D eigenvalue weighted by Crippen LogP contribution is 2.19. The number of methoxy groups -OCH3 is 1. The van der Waals surface area contributed by atoms with Crippen molar-refractivity contribution in [3.05, 3.63) is 35.4 Å². The summed E-state index contributed by atoms with van der Waals surface area (Å²) in [6, 6.07) is 9.86. The minimum absolute atomic E-state index is 0.125. The van der Waals surface area contributed by atoms with Gasteiger partial charge >= 0.3 is 0 Å². The average molecular weight is 246 g/mol. The minimum Gasteiger partial charge on any atom is -0.383 e. The normalized spacial score (nSPS) is 11.6. The summed E-state index contributed by atoms with van der Waals surface area (Å²) in [5, 5.41) is 11.9. The molecule has 4 nitrogen and oxygen atoms in total. The van der Waals surface area contributed by atoms with Crippen LogP contribution in [-0.2, 0) is 9.53 Å². The van der Waals surface area contributed by atoms with E-state index in [0.717, 1.165) is 11.1 Å². The SMILES string of the molecule is COCCNC(=O)CC(C#N)c1cccc(C)c1. The predicted molar refractivity (Wildman–Crippen MR) is 69.0 cm³/mol. The minimum atomic E-state index is -0.396. The van der Waals surface area contributed by atoms with Crippen LogP contribution in [0.15, 0.2) is 24.3 Å². The van der Waals surface area contributed by atoms with E-state index in [1.807, 2.05) is 31.2 Å². The number of ether oxygens (including phenoxy) is 1. The quantitative estimate of drug-likeness (QED) is 0.778. The Kier molecular flexibility index (Phi) is 5.89. The summed E-state index contributed by atoms with van der Waals surface area (Å²) in [7, 11) is 1.58. The molecule has 0 aliphatic heterocycles. The van der Waals surface area contributed by atoms with Gasteiger partial charge in [0.25, 0.3) is 0 Å². The zero-order valence-electron chi connectivity index (χ0n) is 10.8. The van der Waals surface area contributed by atoms with Crippen molar-refractivity contribution in [3.63, 3.8) is 0 Å². The van der Waals surface area contributed by atoms with E-state index in [4.69, 9.17) is 10.00 Å². The van der Waals surface area contributed by atoms with Crippen molar-refractivity contribution >= 4 is 5.91 Å². The standard InChI is InChI=1S/C14H18N2O2/c1-11-4-3-5-12(8-11)13(10-15)9-14(17)16-6-7-18-2/h3-5,8,13H,6-7,9H2,1-2H3,(H,16,17). The molecule has 0 fully saturated rings. The summed E-state index contributed by atoms with van der Waals surface area (Å²) in [5.41, 5.74) is 1.98. The number of carbonyl (C=O) groups excluding carboxylic acids is 1. The second kappa shape index (κ2) is 7.46. The fraction of sp³-hybridized carbons (Fsp3) is 0.429. The molecule has 1 rings (SSSR count). The molecule has 1 aromatic carbocycles. The smallest absolute Gasteiger partial charge is 0.221 e. The highest BCUT2D eigenvalue weighted by molar-refractivity contribution is 5.77. The summed E-state index contributed by atoms with van der Waals surface area (Å²) in [6.07, 6.45) is 0.184. The van der Waals surface area contributed by atoms with Crippen molar-refractivity contribution in [1.29, 1.82) is 5.26 Å². The molecule has 1 N–H and O–H groups in total. The van der Waals surface area contributed by atoms with Crippen LogP contribution < -0.4 is 5.32 Å². The van der Waals surface area contributed by atoms with Gasteiger partial charge in [0, 0.05) is 20.1 Å². The molecule has 18 heavy (non-hydrogen) atoms. The van der Waals surface area contributed by atoms with Crippen LogP contribution in [0, 0.1) is 18.3 Å². The van der Waals surface area contributed by atoms with Crippen LogP contribution in [0.5, 0.6) is 0 Å². The van der Waals surface area contributed by atoms with Crippen LogP contribution in [0.4, 0.5) is 0 Å². The van der Waals surface area contributed by atoms with Crippen LogP contribution in [0.1, 0.15) is 23.5 Å². The van der Waals surface area contributed by atoms with Crippen molar-refractivity contribution in [1.82, 2.24) is 5.32 Å². The Hall–Kier alpha value is -1.86. The van der Waals surface area contributed by atoms with E-state index in [9.17, 15) is 4.79 Å². The van der Waals surface area contributed by atoms with Crippen molar-refractivity contribution < 1.29 is 9.53 Å². The van der Waals surface area contributed by atoms with Crippen LogP contribution in [0.25, 0.3) is 0 Å². The number of rotatable bonds is 6. The fourth-order valence-corrected chi connectivity index (χ4v) is 1.67. The maximum absolute atomic E-state index is 11.6. The molecule has 0 aromatic heterocycles. The summed E-state index contributed by atoms with van der Waals surface area (Å²) in [5.74, 6) is -0.521. The van der Waals surface area contributed by atoms with Gasteiger partial charge in [0.05, 0.1) is 18.6 Å². The second-order valence-corrected chi connectivity index (χ2v) is 4.14. The van der Waals surface area contributed by atoms with Gasteiger partial charge < -0.3 is 10.1 Å². The lowest BCUT2D eigenvalue weighted by molar-refractivity contribution is -0.121. The largest absolute Gasteiger partial charge is 0.383 e. The lowest BCUT2D eigenvalue weighted by atomic mass is 9.95. The number of hydrogen-bond acceptors (Lipinski definition) is 3. The predicted octanol–water partition coefficient (Wildman–Crippen LogP) is 1.75. The third kappa shape index (κ3) is 4.56. The van der Waals surface area contributed by atoms with Gasteiger partial charge in [-0.05, 0) is 12.5 Å². The second-order valence-electron chi connectivity index (χ2n) is 4.14. The Balaban J connectivity index is 2.57. The van der Waals surface area contributed by atoms with Crippen molar-refractivity contribution in [2.24, 2.45) is 0 Å². The van der Waals surface area contributed by atoms with Gasteiger partial charge in [-0.2, -0.15) is 5.26 Å². The summed E-state index contributed by atoms with van der Waals surface area (Å²) in [4.78, 5) is 11.6. The number of nitriles is 1. The maximum atomic E-state index is 11.6. The number of benzene rings is 1. The highest BCUT2D eigenvalue weighted by Gasteiger charge is 2.15. The van der Waals surface area contributed by atoms with Crippen LogP contribution >= 0.6 is 0 Å². The molecule has 1 atom stereocenters. The molecule has 0 spiro atoms. The summed E-state index contributed by atoms with van der Waals surface area (Å²) >= 11 is 0. The summed E-state index contributed by atoms with van der Waals surface area (Å²) < 4.78 is 4.84. The van der Waals surface area contributed by atoms with E-state index in [0.29, 0.717) is 13.2 Å². The summed E-state index contributed by atoms with van der Waals surface area (Å²) in [6.45, 7) is 2.92. The van der Waals surface area contributed by atoms with E-state index in [1.165, 1.54) is 0 Å². The zero-order valence-corrected chi connectivity index (χ0v) is 10.8. The molecular weight excluding hydrogens is 228 g/mol. The van der Waals surface area contributed by atoms with Gasteiger partial charge in [-0.1, -0.05) is 29.8 Å². The molecule has 1 unspecified atom stereocenters. The van der Waals surface area contributed by atoms with Gasteiger partial charge in [0.2, 0.25) is 5.91 Å². The molecule has 96 valence electrons. The lowest BCUT2D eigenvalue weighted by Crippen LogP contribution is -2.28. The molecule has 4 heteroatoms. The molecule has 1 aromatic rings. The highest BCUT2D eigenvalue weighted by atomic mass is 16.5. The first-order valence-electron chi connectivity index (χ1n) is 5.89. The number of hydrogen-bond donors (Lipinski definition) is 1. The molecule has 0 bridgehead atoms. The Labute approximate surface area is 108 Å². The fourth-order valence-electron chi connectivity index (χ4n) is 1.67. The van der Waals surface area contributed by atoms with Gasteiger partial charge in [-0.3, -0.25) is 4.79 Å². The van der Waals surface area contributed by atoms with Crippen molar-refractivity contribution in [2.75, 3.05) is 20.3 Å². The van der Waals surface area contributed by atoms with E-state index in [2.05, 4.69) is 11.4 Å². The van der Waals surface area contributed by atoms with E-state index >= 15 is 0 Å². The first-order chi connectivity index (χ1) is 8.67. The number of aryl methyl sites for hydroxylation is 1. The lowest BCUT2D eigenvalue weighted by Gasteiger charge is -2.10. The average Bonchev–Trinajstić information content (AvgIpc) is 2.36. The van der Waals surface area contributed by atoms with E-state index in [1.54, 1.807) is 7.11 Å². The number of nitrogens with zero attached hydrogens (tertiary/aromatic N) is 1. The Morgan fingerprint density at radius 1 is 1.56 bits per heavy atom. The van der Waals surface area contributed by atoms with Crippen LogP contribution in [-0.4, -0.2) is 26.2 Å². The topological polar surface area (TPSA) is 62.1 Å². The Morgan fingerprint density at radius 3 is 2.94 bits per heavy atom. The van der Waals surface area contributed by atoms with Crippen LogP contribution in [0.2, 0.25) is 0 Å². The zero-order chi connectivity index (χ0) is 13.4. The first kappa shape index (κ1) is 14.2. The number of amides is 1. The molecule has 0 saturated carbocycles. The molecule has 1 amide bonds. The number of nitrogens with one attached hydrogen (secondary N) is 1.